The van der Waals surface area contributed by atoms with Gasteiger partial charge in [-0.1, -0.05) is 204 Å². The standard InChI is InChI=1S/C50H45B2N/c1-49(2,3)38-22-26-40(27-23-38)51-42-18-13-19-43-48(42)53(46-30-20-36(32-44(46)51)34-14-9-7-10-15-34)47-31-21-37(35-16-11-8-12-17-35)33-45(47)52(43)41-28-24-39(25-29-41)50(4,5)6/h7-33H,1-6H3. The molecule has 53 heavy (non-hydrogen) atoms. The molecule has 7 aromatic carbocycles. The van der Waals surface area contributed by atoms with Crippen LogP contribution in [0.4, 0.5) is 17.1 Å². The van der Waals surface area contributed by atoms with E-state index in [1.54, 1.807) is 0 Å². The second-order valence-corrected chi connectivity index (χ2v) is 17.0. The lowest BCUT2D eigenvalue weighted by atomic mass is 9.30. The van der Waals surface area contributed by atoms with Gasteiger partial charge in [-0.2, -0.15) is 0 Å². The molecule has 256 valence electrons. The summed E-state index contributed by atoms with van der Waals surface area (Å²) in [6.07, 6.45) is 0. The van der Waals surface area contributed by atoms with Crippen LogP contribution in [0.2, 0.25) is 0 Å². The Morgan fingerprint density at radius 1 is 0.358 bits per heavy atom. The highest BCUT2D eigenvalue weighted by Crippen LogP contribution is 2.39. The van der Waals surface area contributed by atoms with Crippen molar-refractivity contribution in [3.63, 3.8) is 0 Å². The first kappa shape index (κ1) is 33.3. The van der Waals surface area contributed by atoms with E-state index in [2.05, 4.69) is 210 Å². The molecule has 0 atom stereocenters. The molecule has 0 unspecified atom stereocenters. The van der Waals surface area contributed by atoms with Crippen molar-refractivity contribution in [3.8, 4) is 22.3 Å². The number of anilines is 3. The van der Waals surface area contributed by atoms with Crippen molar-refractivity contribution < 1.29 is 0 Å². The number of fused-ring (bicyclic) bond motifs is 4. The molecule has 0 N–H and O–H groups in total. The van der Waals surface area contributed by atoms with E-state index >= 15 is 0 Å². The van der Waals surface area contributed by atoms with E-state index in [0.29, 0.717) is 0 Å². The van der Waals surface area contributed by atoms with E-state index in [0.717, 1.165) is 0 Å². The van der Waals surface area contributed by atoms with Crippen molar-refractivity contribution in [1.82, 2.24) is 0 Å². The van der Waals surface area contributed by atoms with Crippen molar-refractivity contribution in [1.29, 1.82) is 0 Å². The third kappa shape index (κ3) is 5.75. The van der Waals surface area contributed by atoms with E-state index in [-0.39, 0.29) is 24.3 Å². The molecule has 2 aliphatic heterocycles. The molecule has 7 aromatic rings. The van der Waals surface area contributed by atoms with Gasteiger partial charge in [-0.15, -0.1) is 0 Å². The Hall–Kier alpha value is -5.53. The van der Waals surface area contributed by atoms with Crippen molar-refractivity contribution in [2.45, 2.75) is 52.4 Å². The summed E-state index contributed by atoms with van der Waals surface area (Å²) in [5, 5.41) is 0. The van der Waals surface area contributed by atoms with Gasteiger partial charge in [-0.3, -0.25) is 0 Å². The molecule has 0 aromatic heterocycles. The van der Waals surface area contributed by atoms with Gasteiger partial charge in [0, 0.05) is 17.1 Å². The molecular formula is C50H45B2N. The molecule has 3 heteroatoms. The van der Waals surface area contributed by atoms with Gasteiger partial charge in [-0.05, 0) is 78.2 Å². The highest BCUT2D eigenvalue weighted by molar-refractivity contribution is 7.02. The van der Waals surface area contributed by atoms with E-state index in [4.69, 9.17) is 0 Å². The number of para-hydroxylation sites is 1. The first-order valence-corrected chi connectivity index (χ1v) is 19.1. The average Bonchev–Trinajstić information content (AvgIpc) is 3.17. The number of benzene rings is 7. The summed E-state index contributed by atoms with van der Waals surface area (Å²) < 4.78 is 0. The van der Waals surface area contributed by atoms with E-state index in [1.807, 2.05) is 0 Å². The second-order valence-electron chi connectivity index (χ2n) is 17.0. The van der Waals surface area contributed by atoms with Gasteiger partial charge in [-0.25, -0.2) is 0 Å². The number of rotatable bonds is 4. The molecule has 0 fully saturated rings. The minimum atomic E-state index is 0.0861. The lowest BCUT2D eigenvalue weighted by Gasteiger charge is -2.44. The van der Waals surface area contributed by atoms with Crippen LogP contribution in [0, 0.1) is 0 Å². The molecule has 9 rings (SSSR count). The van der Waals surface area contributed by atoms with Gasteiger partial charge < -0.3 is 4.90 Å². The Morgan fingerprint density at radius 2 is 0.755 bits per heavy atom. The van der Waals surface area contributed by atoms with Crippen LogP contribution < -0.4 is 37.7 Å². The summed E-state index contributed by atoms with van der Waals surface area (Å²) >= 11 is 0. The zero-order valence-electron chi connectivity index (χ0n) is 31.7. The number of hydrogen-bond donors (Lipinski definition) is 0. The van der Waals surface area contributed by atoms with Crippen molar-refractivity contribution in [3.05, 3.63) is 175 Å². The van der Waals surface area contributed by atoms with Crippen molar-refractivity contribution >= 4 is 63.3 Å². The average molecular weight is 682 g/mol. The largest absolute Gasteiger partial charge is 0.313 e. The van der Waals surface area contributed by atoms with Crippen LogP contribution in [0.1, 0.15) is 52.7 Å². The summed E-state index contributed by atoms with van der Waals surface area (Å²) in [7, 11) is 0. The quantitative estimate of drug-likeness (QED) is 0.168. The SMILES string of the molecule is CC(C)(C)c1ccc(B2c3cc(-c4ccccc4)ccc3N3c4ccc(-c5ccccc5)cc4B(c4ccc(C(C)(C)C)cc4)c4cccc2c43)cc1. The van der Waals surface area contributed by atoms with Crippen LogP contribution >= 0.6 is 0 Å². The Bertz CT molecular complexity index is 2280. The Labute approximate surface area is 316 Å². The van der Waals surface area contributed by atoms with Gasteiger partial charge >= 0.3 is 0 Å². The number of nitrogens with zero attached hydrogens (tertiary/aromatic N) is 1. The normalized spacial score (nSPS) is 13.4. The van der Waals surface area contributed by atoms with Gasteiger partial charge in [0.05, 0.1) is 0 Å². The molecule has 1 nitrogen and oxygen atoms in total. The second kappa shape index (κ2) is 12.6. The zero-order valence-corrected chi connectivity index (χ0v) is 31.7. The van der Waals surface area contributed by atoms with Crippen LogP contribution in [0.15, 0.2) is 164 Å². The number of hydrogen-bond acceptors (Lipinski definition) is 1. The van der Waals surface area contributed by atoms with Gasteiger partial charge in [0.2, 0.25) is 13.4 Å². The maximum Gasteiger partial charge on any atom is 0.246 e. The first-order chi connectivity index (χ1) is 25.6. The van der Waals surface area contributed by atoms with E-state index in [1.165, 1.54) is 83.2 Å². The highest BCUT2D eigenvalue weighted by Gasteiger charge is 2.43. The molecular weight excluding hydrogens is 636 g/mol. The molecule has 0 radical (unpaired) electrons. The minimum Gasteiger partial charge on any atom is -0.313 e. The molecule has 0 amide bonds. The minimum absolute atomic E-state index is 0.0861. The lowest BCUT2D eigenvalue weighted by molar-refractivity contribution is 0.590. The summed E-state index contributed by atoms with van der Waals surface area (Å²) in [6, 6.07) is 61.9. The van der Waals surface area contributed by atoms with Crippen LogP contribution in [0.25, 0.3) is 22.3 Å². The molecule has 0 saturated heterocycles. The van der Waals surface area contributed by atoms with Crippen LogP contribution in [0.5, 0.6) is 0 Å². The maximum absolute atomic E-state index is 2.58. The predicted octanol–water partition coefficient (Wildman–Crippen LogP) is 8.74. The highest BCUT2D eigenvalue weighted by atomic mass is 15.2. The van der Waals surface area contributed by atoms with Crippen LogP contribution in [-0.4, -0.2) is 13.4 Å². The molecule has 0 spiro atoms. The van der Waals surface area contributed by atoms with Crippen molar-refractivity contribution in [2.75, 3.05) is 4.90 Å². The van der Waals surface area contributed by atoms with Gasteiger partial charge in [0.25, 0.3) is 0 Å². The van der Waals surface area contributed by atoms with Crippen LogP contribution in [-0.2, 0) is 10.8 Å². The smallest absolute Gasteiger partial charge is 0.246 e. The third-order valence-corrected chi connectivity index (χ3v) is 11.5. The fourth-order valence-corrected chi connectivity index (χ4v) is 8.68. The Morgan fingerprint density at radius 3 is 1.13 bits per heavy atom. The molecule has 2 aliphatic rings. The lowest BCUT2D eigenvalue weighted by Crippen LogP contribution is -2.65. The Balaban J connectivity index is 1.31. The summed E-state index contributed by atoms with van der Waals surface area (Å²) in [6.45, 7) is 13.9. The fourth-order valence-electron chi connectivity index (χ4n) is 8.68. The monoisotopic (exact) mass is 681 g/mol. The fraction of sp³-hybridized carbons (Fsp3) is 0.160. The molecule has 0 bridgehead atoms. The van der Waals surface area contributed by atoms with Gasteiger partial charge in [0.15, 0.2) is 0 Å². The molecule has 2 heterocycles. The predicted molar refractivity (Wildman–Crippen MR) is 232 cm³/mol. The van der Waals surface area contributed by atoms with Crippen LogP contribution in [0.3, 0.4) is 0 Å². The third-order valence-electron chi connectivity index (χ3n) is 11.5. The first-order valence-electron chi connectivity index (χ1n) is 19.1. The summed E-state index contributed by atoms with van der Waals surface area (Å²) in [5.74, 6) is 0. The van der Waals surface area contributed by atoms with Crippen molar-refractivity contribution in [2.24, 2.45) is 0 Å². The molecule has 0 saturated carbocycles. The van der Waals surface area contributed by atoms with Gasteiger partial charge in [0.1, 0.15) is 0 Å². The zero-order chi connectivity index (χ0) is 36.5. The summed E-state index contributed by atoms with van der Waals surface area (Å²) in [4.78, 5) is 2.58. The summed E-state index contributed by atoms with van der Waals surface area (Å²) in [5.41, 5.74) is 19.7. The van der Waals surface area contributed by atoms with E-state index in [9.17, 15) is 0 Å². The topological polar surface area (TPSA) is 3.24 Å². The maximum atomic E-state index is 2.58. The van der Waals surface area contributed by atoms with E-state index < -0.39 is 0 Å². The molecule has 0 aliphatic carbocycles. The Kier molecular flexibility index (Phi) is 7.89.